The van der Waals surface area contributed by atoms with Crippen molar-refractivity contribution in [1.82, 2.24) is 4.98 Å². The van der Waals surface area contributed by atoms with Gasteiger partial charge in [0.2, 0.25) is 0 Å². The second kappa shape index (κ2) is 3.63. The van der Waals surface area contributed by atoms with E-state index < -0.39 is 6.09 Å². The lowest BCUT2D eigenvalue weighted by molar-refractivity contribution is 0.174. The van der Waals surface area contributed by atoms with Crippen LogP contribution < -0.4 is 4.90 Å². The molecule has 74 valence electrons. The van der Waals surface area contributed by atoms with Gasteiger partial charge in [0.05, 0.1) is 24.5 Å². The molecule has 5 nitrogen and oxygen atoms in total. The number of aromatic nitrogens is 1. The highest BCUT2D eigenvalue weighted by molar-refractivity contribution is 5.89. The third-order valence-corrected chi connectivity index (χ3v) is 2.10. The maximum Gasteiger partial charge on any atom is 0.414 e. The van der Waals surface area contributed by atoms with E-state index >= 15 is 0 Å². The molecule has 0 aromatic carbocycles. The molecule has 1 saturated heterocycles. The number of carbonyl (C=O) groups is 1. The SMILES string of the molecule is O=C1OCC(CO)N1c1cccnc1. The van der Waals surface area contributed by atoms with Gasteiger partial charge in [0.25, 0.3) is 0 Å². The van der Waals surface area contributed by atoms with Crippen molar-refractivity contribution in [2.75, 3.05) is 18.1 Å². The van der Waals surface area contributed by atoms with Crippen LogP contribution in [0.3, 0.4) is 0 Å². The van der Waals surface area contributed by atoms with Crippen LogP contribution in [0.15, 0.2) is 24.5 Å². The minimum absolute atomic E-state index is 0.110. The molecule has 5 heteroatoms. The average Bonchev–Trinajstić information content (AvgIpc) is 2.61. The molecule has 1 N–H and O–H groups in total. The first kappa shape index (κ1) is 8.96. The largest absolute Gasteiger partial charge is 0.447 e. The van der Waals surface area contributed by atoms with E-state index in [4.69, 9.17) is 9.84 Å². The summed E-state index contributed by atoms with van der Waals surface area (Å²) in [4.78, 5) is 16.6. The monoisotopic (exact) mass is 194 g/mol. The van der Waals surface area contributed by atoms with Crippen molar-refractivity contribution in [2.24, 2.45) is 0 Å². The molecule has 2 heterocycles. The van der Waals surface area contributed by atoms with Gasteiger partial charge in [0, 0.05) is 6.20 Å². The van der Waals surface area contributed by atoms with E-state index in [1.54, 1.807) is 24.5 Å². The number of aliphatic hydroxyl groups excluding tert-OH is 1. The number of ether oxygens (including phenoxy) is 1. The van der Waals surface area contributed by atoms with Gasteiger partial charge in [-0.3, -0.25) is 9.88 Å². The number of cyclic esters (lactones) is 1. The fraction of sp³-hybridized carbons (Fsp3) is 0.333. The lowest BCUT2D eigenvalue weighted by atomic mass is 10.3. The summed E-state index contributed by atoms with van der Waals surface area (Å²) in [5.41, 5.74) is 0.647. The summed E-state index contributed by atoms with van der Waals surface area (Å²) in [6.45, 7) is 0.116. The van der Waals surface area contributed by atoms with E-state index in [0.29, 0.717) is 5.69 Å². The van der Waals surface area contributed by atoms with Crippen LogP contribution in [-0.2, 0) is 4.74 Å². The molecule has 0 radical (unpaired) electrons. The van der Waals surface area contributed by atoms with Crippen LogP contribution >= 0.6 is 0 Å². The Kier molecular flexibility index (Phi) is 2.32. The molecular formula is C9H10N2O3. The molecule has 1 aliphatic heterocycles. The second-order valence-electron chi connectivity index (χ2n) is 2.99. The minimum Gasteiger partial charge on any atom is -0.447 e. The number of aliphatic hydroxyl groups is 1. The predicted molar refractivity (Wildman–Crippen MR) is 48.9 cm³/mol. The predicted octanol–water partition coefficient (Wildman–Crippen LogP) is 0.399. The van der Waals surface area contributed by atoms with Gasteiger partial charge in [-0.15, -0.1) is 0 Å². The molecule has 14 heavy (non-hydrogen) atoms. The number of rotatable bonds is 2. The zero-order valence-corrected chi connectivity index (χ0v) is 7.46. The van der Waals surface area contributed by atoms with Crippen molar-refractivity contribution in [3.8, 4) is 0 Å². The van der Waals surface area contributed by atoms with Gasteiger partial charge in [-0.25, -0.2) is 4.79 Å². The fourth-order valence-electron chi connectivity index (χ4n) is 1.41. The quantitative estimate of drug-likeness (QED) is 0.740. The Morgan fingerprint density at radius 1 is 1.71 bits per heavy atom. The second-order valence-corrected chi connectivity index (χ2v) is 2.99. The van der Waals surface area contributed by atoms with Crippen LogP contribution in [0.2, 0.25) is 0 Å². The van der Waals surface area contributed by atoms with E-state index in [1.165, 1.54) is 4.90 Å². The van der Waals surface area contributed by atoms with E-state index in [1.807, 2.05) is 0 Å². The lowest BCUT2D eigenvalue weighted by Crippen LogP contribution is -2.36. The summed E-state index contributed by atoms with van der Waals surface area (Å²) in [6, 6.07) is 3.18. The molecule has 0 aliphatic carbocycles. The first-order valence-corrected chi connectivity index (χ1v) is 4.30. The summed E-state index contributed by atoms with van der Waals surface area (Å²) in [5.74, 6) is 0. The number of hydrogen-bond acceptors (Lipinski definition) is 4. The topological polar surface area (TPSA) is 62.7 Å². The Hall–Kier alpha value is -1.62. The van der Waals surface area contributed by atoms with Crippen LogP contribution in [0, 0.1) is 0 Å². The third kappa shape index (κ3) is 1.42. The van der Waals surface area contributed by atoms with Crippen LogP contribution in [0.5, 0.6) is 0 Å². The van der Waals surface area contributed by atoms with Crippen molar-refractivity contribution in [3.05, 3.63) is 24.5 Å². The summed E-state index contributed by atoms with van der Waals surface area (Å²) in [5, 5.41) is 9.02. The van der Waals surface area contributed by atoms with Gasteiger partial charge in [-0.2, -0.15) is 0 Å². The van der Waals surface area contributed by atoms with E-state index in [-0.39, 0.29) is 19.3 Å². The van der Waals surface area contributed by atoms with Crippen molar-refractivity contribution in [1.29, 1.82) is 0 Å². The average molecular weight is 194 g/mol. The van der Waals surface area contributed by atoms with Crippen LogP contribution in [0.4, 0.5) is 10.5 Å². The molecule has 2 rings (SSSR count). The van der Waals surface area contributed by atoms with Crippen molar-refractivity contribution in [3.63, 3.8) is 0 Å². The molecular weight excluding hydrogens is 184 g/mol. The Balaban J connectivity index is 2.28. The van der Waals surface area contributed by atoms with Crippen molar-refractivity contribution >= 4 is 11.8 Å². The summed E-state index contributed by atoms with van der Waals surface area (Å²) in [7, 11) is 0. The Bertz CT molecular complexity index is 328. The molecule has 1 aromatic rings. The Morgan fingerprint density at radius 3 is 3.21 bits per heavy atom. The molecule has 1 atom stereocenters. The normalized spacial score (nSPS) is 21.1. The van der Waals surface area contributed by atoms with E-state index in [2.05, 4.69) is 4.98 Å². The number of anilines is 1. The number of hydrogen-bond donors (Lipinski definition) is 1. The van der Waals surface area contributed by atoms with E-state index in [9.17, 15) is 4.79 Å². The van der Waals surface area contributed by atoms with Gasteiger partial charge in [-0.1, -0.05) is 0 Å². The maximum absolute atomic E-state index is 11.3. The molecule has 1 aromatic heterocycles. The fourth-order valence-corrected chi connectivity index (χ4v) is 1.41. The minimum atomic E-state index is -0.433. The Morgan fingerprint density at radius 2 is 2.57 bits per heavy atom. The highest BCUT2D eigenvalue weighted by atomic mass is 16.6. The number of pyridine rings is 1. The molecule has 0 saturated carbocycles. The zero-order valence-electron chi connectivity index (χ0n) is 7.46. The highest BCUT2D eigenvalue weighted by Crippen LogP contribution is 2.21. The molecule has 1 aliphatic rings. The number of carbonyl (C=O) groups excluding carboxylic acids is 1. The standard InChI is InChI=1S/C9H10N2O3/c12-5-8-6-14-9(13)11(8)7-2-1-3-10-4-7/h1-4,8,12H,5-6H2. The van der Waals surface area contributed by atoms with Crippen molar-refractivity contribution in [2.45, 2.75) is 6.04 Å². The lowest BCUT2D eigenvalue weighted by Gasteiger charge is -2.18. The third-order valence-electron chi connectivity index (χ3n) is 2.10. The van der Waals surface area contributed by atoms with Gasteiger partial charge < -0.3 is 9.84 Å². The molecule has 0 bridgehead atoms. The van der Waals surface area contributed by atoms with Gasteiger partial charge >= 0.3 is 6.09 Å². The smallest absolute Gasteiger partial charge is 0.414 e. The summed E-state index contributed by atoms with van der Waals surface area (Å²) >= 11 is 0. The van der Waals surface area contributed by atoms with Gasteiger partial charge in [-0.05, 0) is 12.1 Å². The molecule has 1 fully saturated rings. The highest BCUT2D eigenvalue weighted by Gasteiger charge is 2.33. The first-order valence-electron chi connectivity index (χ1n) is 4.30. The molecule has 1 unspecified atom stereocenters. The van der Waals surface area contributed by atoms with Crippen LogP contribution in [0.1, 0.15) is 0 Å². The summed E-state index contributed by atoms with van der Waals surface area (Å²) < 4.78 is 4.82. The molecule has 1 amide bonds. The first-order chi connectivity index (χ1) is 6.83. The summed E-state index contributed by atoms with van der Waals surface area (Å²) in [6.07, 6.45) is 2.76. The van der Waals surface area contributed by atoms with Gasteiger partial charge in [0.1, 0.15) is 6.61 Å². The van der Waals surface area contributed by atoms with Crippen LogP contribution in [0.25, 0.3) is 0 Å². The Labute approximate surface area is 80.9 Å². The van der Waals surface area contributed by atoms with Crippen molar-refractivity contribution < 1.29 is 14.6 Å². The van der Waals surface area contributed by atoms with Gasteiger partial charge in [0.15, 0.2) is 0 Å². The van der Waals surface area contributed by atoms with E-state index in [0.717, 1.165) is 0 Å². The molecule has 0 spiro atoms. The number of amides is 1. The number of nitrogens with zero attached hydrogens (tertiary/aromatic N) is 2. The van der Waals surface area contributed by atoms with Crippen LogP contribution in [-0.4, -0.2) is 35.4 Å². The zero-order chi connectivity index (χ0) is 9.97. The maximum atomic E-state index is 11.3.